The Morgan fingerprint density at radius 3 is 2.09 bits per heavy atom. The van der Waals surface area contributed by atoms with E-state index in [1.807, 2.05) is 0 Å². The zero-order chi connectivity index (χ0) is 24.6. The molecule has 4 rings (SSSR count). The minimum absolute atomic E-state index is 0.0763. The van der Waals surface area contributed by atoms with Crippen molar-refractivity contribution in [3.8, 4) is 5.75 Å². The Labute approximate surface area is 211 Å². The fraction of sp³-hybridized carbons (Fsp3) is 0.562. The second-order valence-electron chi connectivity index (χ2n) is 10.9. The molecule has 3 heteroatoms. The van der Waals surface area contributed by atoms with Crippen molar-refractivity contribution in [2.45, 2.75) is 96.8 Å². The summed E-state index contributed by atoms with van der Waals surface area (Å²) in [5.74, 6) is 1.79. The van der Waals surface area contributed by atoms with Crippen molar-refractivity contribution in [1.82, 2.24) is 0 Å². The lowest BCUT2D eigenvalue weighted by Gasteiger charge is -2.38. The molecule has 0 N–H and O–H groups in total. The maximum atomic E-state index is 14.4. The van der Waals surface area contributed by atoms with Crippen molar-refractivity contribution in [1.29, 1.82) is 0 Å². The molecule has 0 saturated heterocycles. The number of hydrogen-bond acceptors (Lipinski definition) is 1. The third-order valence-electron chi connectivity index (χ3n) is 8.62. The Hall–Kier alpha value is -2.16. The average molecular weight is 481 g/mol. The molecule has 0 heterocycles. The molecule has 1 nitrogen and oxygen atoms in total. The topological polar surface area (TPSA) is 9.23 Å². The largest absolute Gasteiger partial charge is 0.462 e. The van der Waals surface area contributed by atoms with E-state index in [0.717, 1.165) is 17.8 Å². The minimum atomic E-state index is -0.916. The third kappa shape index (κ3) is 6.74. The van der Waals surface area contributed by atoms with Gasteiger partial charge in [0, 0.05) is 0 Å². The molecule has 0 amide bonds. The summed E-state index contributed by atoms with van der Waals surface area (Å²) in [5.41, 5.74) is 3.00. The molecule has 35 heavy (non-hydrogen) atoms. The van der Waals surface area contributed by atoms with Gasteiger partial charge in [-0.25, -0.2) is 4.39 Å². The van der Waals surface area contributed by atoms with Crippen molar-refractivity contribution in [3.05, 3.63) is 77.1 Å². The summed E-state index contributed by atoms with van der Waals surface area (Å²) >= 11 is 0. The van der Waals surface area contributed by atoms with Crippen molar-refractivity contribution in [2.24, 2.45) is 17.8 Å². The summed E-state index contributed by atoms with van der Waals surface area (Å²) in [4.78, 5) is 0. The molecule has 0 radical (unpaired) electrons. The molecular weight excluding hydrogens is 438 g/mol. The number of aryl methyl sites for hydroxylation is 2. The van der Waals surface area contributed by atoms with Crippen LogP contribution in [-0.2, 0) is 12.8 Å². The molecular formula is C32H42F2O. The van der Waals surface area contributed by atoms with E-state index in [1.54, 1.807) is 19.1 Å². The van der Waals surface area contributed by atoms with Crippen molar-refractivity contribution < 1.29 is 13.5 Å². The zero-order valence-corrected chi connectivity index (χ0v) is 21.6. The van der Waals surface area contributed by atoms with Crippen LogP contribution in [-0.4, -0.2) is 0 Å². The fourth-order valence-corrected chi connectivity index (χ4v) is 6.51. The quantitative estimate of drug-likeness (QED) is 0.325. The second kappa shape index (κ2) is 12.7. The smallest absolute Gasteiger partial charge is 0.201 e. The Morgan fingerprint density at radius 1 is 0.800 bits per heavy atom. The number of benzene rings is 2. The van der Waals surface area contributed by atoms with Crippen LogP contribution in [0.3, 0.4) is 0 Å². The van der Waals surface area contributed by atoms with Crippen LogP contribution in [0.1, 0.15) is 101 Å². The summed E-state index contributed by atoms with van der Waals surface area (Å²) in [6, 6.07) is 12.0. The molecule has 0 aliphatic heterocycles. The molecule has 0 bridgehead atoms. The molecule has 0 aromatic heterocycles. The van der Waals surface area contributed by atoms with Crippen LogP contribution in [0, 0.1) is 29.4 Å². The number of allylic oxidation sites excluding steroid dienone is 1. The van der Waals surface area contributed by atoms with E-state index < -0.39 is 11.6 Å². The number of rotatable bonds is 9. The van der Waals surface area contributed by atoms with E-state index in [1.165, 1.54) is 87.7 Å². The molecule has 0 spiro atoms. The van der Waals surface area contributed by atoms with Crippen LogP contribution >= 0.6 is 0 Å². The summed E-state index contributed by atoms with van der Waals surface area (Å²) in [6.07, 6.45) is 18.2. The zero-order valence-electron chi connectivity index (χ0n) is 21.6. The van der Waals surface area contributed by atoms with Gasteiger partial charge in [-0.2, -0.15) is 4.39 Å². The van der Waals surface area contributed by atoms with Gasteiger partial charge in [-0.05, 0) is 105 Å². The normalized spacial score (nSPS) is 25.1. The summed E-state index contributed by atoms with van der Waals surface area (Å²) in [7, 11) is 0. The third-order valence-corrected chi connectivity index (χ3v) is 8.62. The van der Waals surface area contributed by atoms with Crippen molar-refractivity contribution >= 4 is 0 Å². The lowest BCUT2D eigenvalue weighted by atomic mass is 9.68. The molecule has 2 aliphatic rings. The van der Waals surface area contributed by atoms with Gasteiger partial charge in [-0.15, -0.1) is 0 Å². The van der Waals surface area contributed by atoms with Crippen molar-refractivity contribution in [2.75, 3.05) is 0 Å². The van der Waals surface area contributed by atoms with E-state index in [0.29, 0.717) is 24.3 Å². The molecule has 2 saturated carbocycles. The summed E-state index contributed by atoms with van der Waals surface area (Å²) < 4.78 is 33.8. The summed E-state index contributed by atoms with van der Waals surface area (Å²) in [5, 5.41) is 0. The van der Waals surface area contributed by atoms with Crippen molar-refractivity contribution in [3.63, 3.8) is 0 Å². The van der Waals surface area contributed by atoms with Gasteiger partial charge in [-0.3, -0.25) is 0 Å². The average Bonchev–Trinajstić information content (AvgIpc) is 2.90. The van der Waals surface area contributed by atoms with Gasteiger partial charge < -0.3 is 4.74 Å². The monoisotopic (exact) mass is 480 g/mol. The standard InChI is InChI=1S/C32H42F2O/c1-3-5-23-6-11-25(12-7-23)27-16-18-28(19-17-27)26-13-8-24(9-14-26)10-15-29-20-21-30(35-22-4-2)32(34)31(29)33/h4,8-9,13-14,20-23,25,27-28H,3,5-7,10-12,15-19H2,1-2H3/b22-4+. The van der Waals surface area contributed by atoms with Gasteiger partial charge in [0.15, 0.2) is 11.6 Å². The van der Waals surface area contributed by atoms with E-state index in [4.69, 9.17) is 4.74 Å². The Balaban J connectivity index is 1.25. The van der Waals surface area contributed by atoms with Gasteiger partial charge in [0.1, 0.15) is 0 Å². The molecule has 0 unspecified atom stereocenters. The van der Waals surface area contributed by atoms with Gasteiger partial charge in [-0.1, -0.05) is 69.0 Å². The lowest BCUT2D eigenvalue weighted by molar-refractivity contribution is 0.156. The number of hydrogen-bond donors (Lipinski definition) is 0. The Bertz CT molecular complexity index is 948. The van der Waals surface area contributed by atoms with Gasteiger partial charge in [0.25, 0.3) is 0 Å². The molecule has 0 atom stereocenters. The van der Waals surface area contributed by atoms with E-state index in [2.05, 4.69) is 31.2 Å². The van der Waals surface area contributed by atoms with E-state index in [9.17, 15) is 8.78 Å². The first-order valence-corrected chi connectivity index (χ1v) is 13.9. The van der Waals surface area contributed by atoms with Crippen LogP contribution in [0.15, 0.2) is 48.7 Å². The van der Waals surface area contributed by atoms with Gasteiger partial charge in [0.2, 0.25) is 5.82 Å². The molecule has 2 fully saturated rings. The molecule has 2 aromatic rings. The SMILES string of the molecule is C/C=C/Oc1ccc(CCc2ccc(C3CCC(C4CCC(CCC)CC4)CC3)cc2)c(F)c1F. The highest BCUT2D eigenvalue weighted by Crippen LogP contribution is 2.44. The van der Waals surface area contributed by atoms with Crippen LogP contribution in [0.5, 0.6) is 5.75 Å². The van der Waals surface area contributed by atoms with Gasteiger partial charge >= 0.3 is 0 Å². The maximum Gasteiger partial charge on any atom is 0.201 e. The highest BCUT2D eigenvalue weighted by molar-refractivity contribution is 5.33. The highest BCUT2D eigenvalue weighted by Gasteiger charge is 2.31. The molecule has 2 aromatic carbocycles. The van der Waals surface area contributed by atoms with Gasteiger partial charge in [0.05, 0.1) is 6.26 Å². The Kier molecular flexibility index (Phi) is 9.40. The second-order valence-corrected chi connectivity index (χ2v) is 10.9. The van der Waals surface area contributed by atoms with Crippen LogP contribution in [0.2, 0.25) is 0 Å². The number of halogens is 2. The predicted molar refractivity (Wildman–Crippen MR) is 141 cm³/mol. The minimum Gasteiger partial charge on any atom is -0.462 e. The van der Waals surface area contributed by atoms with Crippen LogP contribution < -0.4 is 4.74 Å². The lowest BCUT2D eigenvalue weighted by Crippen LogP contribution is -2.25. The fourth-order valence-electron chi connectivity index (χ4n) is 6.51. The molecule has 190 valence electrons. The molecule has 2 aliphatic carbocycles. The first kappa shape index (κ1) is 25.9. The van der Waals surface area contributed by atoms with E-state index in [-0.39, 0.29) is 5.75 Å². The van der Waals surface area contributed by atoms with Crippen LogP contribution in [0.4, 0.5) is 8.78 Å². The highest BCUT2D eigenvalue weighted by atomic mass is 19.2. The Morgan fingerprint density at radius 2 is 1.46 bits per heavy atom. The first-order chi connectivity index (χ1) is 17.1. The summed E-state index contributed by atoms with van der Waals surface area (Å²) in [6.45, 7) is 4.08. The first-order valence-electron chi connectivity index (χ1n) is 13.9. The van der Waals surface area contributed by atoms with Crippen LogP contribution in [0.25, 0.3) is 0 Å². The van der Waals surface area contributed by atoms with E-state index >= 15 is 0 Å². The number of ether oxygens (including phenoxy) is 1. The predicted octanol–water partition coefficient (Wildman–Crippen LogP) is 9.54. The maximum absolute atomic E-state index is 14.4.